The first kappa shape index (κ1) is 11.7. The van der Waals surface area contributed by atoms with Gasteiger partial charge in [0, 0.05) is 12.5 Å². The van der Waals surface area contributed by atoms with E-state index in [4.69, 9.17) is 0 Å². The van der Waals surface area contributed by atoms with Crippen molar-refractivity contribution in [2.75, 3.05) is 13.1 Å². The SMILES string of the molecule is CC(C)S(=O)(=O)C(=O)C1CCCNC1. The smallest absolute Gasteiger partial charge is 0.250 e. The third kappa shape index (κ3) is 2.33. The molecule has 0 saturated carbocycles. The van der Waals surface area contributed by atoms with E-state index in [9.17, 15) is 13.2 Å². The summed E-state index contributed by atoms with van der Waals surface area (Å²) in [6.45, 7) is 4.48. The van der Waals surface area contributed by atoms with E-state index in [-0.39, 0.29) is 5.92 Å². The van der Waals surface area contributed by atoms with E-state index in [0.717, 1.165) is 13.0 Å². The Kier molecular flexibility index (Phi) is 3.66. The Morgan fingerprint density at radius 1 is 1.43 bits per heavy atom. The molecule has 0 radical (unpaired) electrons. The Bertz CT molecular complexity index is 302. The summed E-state index contributed by atoms with van der Waals surface area (Å²) in [7, 11) is -3.56. The largest absolute Gasteiger partial charge is 0.316 e. The summed E-state index contributed by atoms with van der Waals surface area (Å²) in [6.07, 6.45) is 1.57. The number of piperidine rings is 1. The van der Waals surface area contributed by atoms with E-state index >= 15 is 0 Å². The van der Waals surface area contributed by atoms with Crippen molar-refractivity contribution in [3.63, 3.8) is 0 Å². The second-order valence-electron chi connectivity index (χ2n) is 3.96. The minimum Gasteiger partial charge on any atom is -0.316 e. The van der Waals surface area contributed by atoms with Crippen LogP contribution in [-0.2, 0) is 14.6 Å². The molecule has 1 heterocycles. The number of carbonyl (C=O) groups excluding carboxylic acids is 1. The van der Waals surface area contributed by atoms with E-state index in [1.54, 1.807) is 13.8 Å². The molecular formula is C9H17NO3S. The second-order valence-corrected chi connectivity index (χ2v) is 6.39. The summed E-state index contributed by atoms with van der Waals surface area (Å²) < 4.78 is 23.1. The van der Waals surface area contributed by atoms with Gasteiger partial charge < -0.3 is 5.32 Å². The van der Waals surface area contributed by atoms with Crippen LogP contribution in [0.3, 0.4) is 0 Å². The van der Waals surface area contributed by atoms with Crippen LogP contribution in [0.4, 0.5) is 0 Å². The van der Waals surface area contributed by atoms with Gasteiger partial charge in [0.2, 0.25) is 9.84 Å². The third-order valence-corrected chi connectivity index (χ3v) is 4.67. The molecule has 5 heteroatoms. The standard InChI is InChI=1S/C9H17NO3S/c1-7(2)14(12,13)9(11)8-4-3-5-10-6-8/h7-8,10H,3-6H2,1-2H3. The van der Waals surface area contributed by atoms with Crippen molar-refractivity contribution >= 4 is 15.0 Å². The number of nitrogens with one attached hydrogen (secondary N) is 1. The number of sulfone groups is 1. The number of carbonyl (C=O) groups is 1. The molecule has 82 valence electrons. The van der Waals surface area contributed by atoms with Crippen LogP contribution < -0.4 is 5.32 Å². The lowest BCUT2D eigenvalue weighted by molar-refractivity contribution is -0.115. The van der Waals surface area contributed by atoms with Crippen LogP contribution in [0.2, 0.25) is 0 Å². The molecule has 1 fully saturated rings. The Morgan fingerprint density at radius 2 is 2.07 bits per heavy atom. The lowest BCUT2D eigenvalue weighted by Crippen LogP contribution is -2.39. The van der Waals surface area contributed by atoms with E-state index in [1.165, 1.54) is 0 Å². The third-order valence-electron chi connectivity index (χ3n) is 2.53. The van der Waals surface area contributed by atoms with Gasteiger partial charge in [-0.3, -0.25) is 4.79 Å². The molecule has 1 unspecified atom stereocenters. The summed E-state index contributed by atoms with van der Waals surface area (Å²) in [5.74, 6) is -0.337. The van der Waals surface area contributed by atoms with Crippen LogP contribution in [0, 0.1) is 5.92 Å². The van der Waals surface area contributed by atoms with Gasteiger partial charge in [0.05, 0.1) is 5.25 Å². The molecule has 0 aromatic rings. The molecule has 1 atom stereocenters. The molecule has 1 aliphatic rings. The highest BCUT2D eigenvalue weighted by molar-refractivity contribution is 8.06. The van der Waals surface area contributed by atoms with Gasteiger partial charge in [-0.25, -0.2) is 8.42 Å². The first-order chi connectivity index (χ1) is 6.46. The molecule has 0 bridgehead atoms. The van der Waals surface area contributed by atoms with Gasteiger partial charge in [-0.15, -0.1) is 0 Å². The van der Waals surface area contributed by atoms with Crippen LogP contribution in [0.1, 0.15) is 26.7 Å². The van der Waals surface area contributed by atoms with Crippen molar-refractivity contribution in [1.82, 2.24) is 5.32 Å². The molecule has 0 spiro atoms. The van der Waals surface area contributed by atoms with Crippen molar-refractivity contribution in [3.05, 3.63) is 0 Å². The molecule has 0 aromatic heterocycles. The van der Waals surface area contributed by atoms with Gasteiger partial charge in [-0.2, -0.15) is 0 Å². The average Bonchev–Trinajstić information content (AvgIpc) is 2.17. The van der Waals surface area contributed by atoms with Gasteiger partial charge in [0.15, 0.2) is 0 Å². The van der Waals surface area contributed by atoms with E-state index in [1.807, 2.05) is 0 Å². The molecule has 0 amide bonds. The first-order valence-corrected chi connectivity index (χ1v) is 6.49. The van der Waals surface area contributed by atoms with Crippen LogP contribution in [0.5, 0.6) is 0 Å². The monoisotopic (exact) mass is 219 g/mol. The lowest BCUT2D eigenvalue weighted by atomic mass is 10.0. The normalized spacial score (nSPS) is 23.8. The maximum Gasteiger partial charge on any atom is 0.250 e. The number of hydrogen-bond donors (Lipinski definition) is 1. The Labute approximate surface area is 85.0 Å². The van der Waals surface area contributed by atoms with Crippen molar-refractivity contribution < 1.29 is 13.2 Å². The molecule has 0 aliphatic carbocycles. The zero-order valence-electron chi connectivity index (χ0n) is 8.62. The van der Waals surface area contributed by atoms with Gasteiger partial charge >= 0.3 is 0 Å². The molecule has 14 heavy (non-hydrogen) atoms. The quantitative estimate of drug-likeness (QED) is 0.727. The minimum atomic E-state index is -3.56. The Balaban J connectivity index is 2.73. The van der Waals surface area contributed by atoms with Crippen molar-refractivity contribution in [3.8, 4) is 0 Å². The van der Waals surface area contributed by atoms with Crippen molar-refractivity contribution in [2.45, 2.75) is 31.9 Å². The van der Waals surface area contributed by atoms with E-state index < -0.39 is 20.2 Å². The lowest BCUT2D eigenvalue weighted by Gasteiger charge is -2.21. The van der Waals surface area contributed by atoms with Crippen LogP contribution >= 0.6 is 0 Å². The van der Waals surface area contributed by atoms with Crippen molar-refractivity contribution in [2.24, 2.45) is 5.92 Å². The van der Waals surface area contributed by atoms with Gasteiger partial charge in [-0.05, 0) is 33.2 Å². The zero-order chi connectivity index (χ0) is 10.8. The van der Waals surface area contributed by atoms with Gasteiger partial charge in [0.1, 0.15) is 0 Å². The van der Waals surface area contributed by atoms with E-state index in [2.05, 4.69) is 5.32 Å². The topological polar surface area (TPSA) is 63.2 Å². The Morgan fingerprint density at radius 3 is 2.50 bits per heavy atom. The molecular weight excluding hydrogens is 202 g/mol. The number of hydrogen-bond acceptors (Lipinski definition) is 4. The fraction of sp³-hybridized carbons (Fsp3) is 0.889. The Hall–Kier alpha value is -0.420. The molecule has 0 aromatic carbocycles. The van der Waals surface area contributed by atoms with Gasteiger partial charge in [-0.1, -0.05) is 0 Å². The van der Waals surface area contributed by atoms with E-state index in [0.29, 0.717) is 13.0 Å². The molecule has 4 nitrogen and oxygen atoms in total. The van der Waals surface area contributed by atoms with Crippen LogP contribution in [-0.4, -0.2) is 31.9 Å². The highest BCUT2D eigenvalue weighted by Crippen LogP contribution is 2.16. The molecule has 1 aliphatic heterocycles. The van der Waals surface area contributed by atoms with Crippen LogP contribution in [0.25, 0.3) is 0 Å². The predicted octanol–water partition coefficient (Wildman–Crippen LogP) is 0.336. The molecule has 1 saturated heterocycles. The fourth-order valence-electron chi connectivity index (χ4n) is 1.52. The maximum atomic E-state index is 11.6. The second kappa shape index (κ2) is 4.40. The zero-order valence-corrected chi connectivity index (χ0v) is 9.43. The van der Waals surface area contributed by atoms with Gasteiger partial charge in [0.25, 0.3) is 5.12 Å². The highest BCUT2D eigenvalue weighted by Gasteiger charge is 2.33. The summed E-state index contributed by atoms with van der Waals surface area (Å²) in [6, 6.07) is 0. The average molecular weight is 219 g/mol. The minimum absolute atomic E-state index is 0.337. The number of rotatable bonds is 2. The van der Waals surface area contributed by atoms with Crippen molar-refractivity contribution in [1.29, 1.82) is 0 Å². The summed E-state index contributed by atoms with van der Waals surface area (Å²) in [4.78, 5) is 11.6. The predicted molar refractivity (Wildman–Crippen MR) is 54.7 cm³/mol. The van der Waals surface area contributed by atoms with Crippen LogP contribution in [0.15, 0.2) is 0 Å². The molecule has 1 rings (SSSR count). The maximum absolute atomic E-state index is 11.6. The molecule has 1 N–H and O–H groups in total. The summed E-state index contributed by atoms with van der Waals surface area (Å²) in [5, 5.41) is 1.86. The summed E-state index contributed by atoms with van der Waals surface area (Å²) in [5.41, 5.74) is 0. The first-order valence-electron chi connectivity index (χ1n) is 4.94. The summed E-state index contributed by atoms with van der Waals surface area (Å²) >= 11 is 0. The highest BCUT2D eigenvalue weighted by atomic mass is 32.2. The fourth-order valence-corrected chi connectivity index (χ4v) is 2.65.